The Morgan fingerprint density at radius 3 is 2.54 bits per heavy atom. The van der Waals surface area contributed by atoms with Gasteiger partial charge in [-0.05, 0) is 42.5 Å². The molecule has 5 rings (SSSR count). The number of aliphatic hydroxyl groups excluding tert-OH is 1. The number of imidazole rings is 1. The molecule has 35 heavy (non-hydrogen) atoms. The molecule has 0 aliphatic carbocycles. The Labute approximate surface area is 201 Å². The van der Waals surface area contributed by atoms with Gasteiger partial charge in [-0.15, -0.1) is 0 Å². The number of carbonyl (C=O) groups is 1. The number of amides is 1. The standard InChI is InChI=1S/C26H24N6O3/c1-2-6-21(33)30-14-13-20(15-30)32-25-22(24(27)28-16-29-25)31(26(32)35)19-11-9-18(10-12-19)23(34)17-7-4-3-5-8-17/h3-5,7-12,16,20,23,34H,13-15H2,1H3,(H2,27,28,29)/t20-,23?/m1/s1. The number of nitrogens with zero attached hydrogens (tertiary/aromatic N) is 5. The first-order chi connectivity index (χ1) is 17.0. The molecule has 0 bridgehead atoms. The van der Waals surface area contributed by atoms with Gasteiger partial charge in [0, 0.05) is 13.1 Å². The van der Waals surface area contributed by atoms with E-state index in [2.05, 4.69) is 21.8 Å². The van der Waals surface area contributed by atoms with E-state index in [9.17, 15) is 14.7 Å². The highest BCUT2D eigenvalue weighted by Gasteiger charge is 2.31. The first-order valence-electron chi connectivity index (χ1n) is 11.3. The number of carbonyl (C=O) groups excluding carboxylic acids is 1. The number of nitrogens with two attached hydrogens (primary N) is 1. The van der Waals surface area contributed by atoms with Crippen LogP contribution in [0.3, 0.4) is 0 Å². The summed E-state index contributed by atoms with van der Waals surface area (Å²) in [5.41, 5.74) is 8.76. The molecule has 0 spiro atoms. The fourth-order valence-corrected chi connectivity index (χ4v) is 4.59. The van der Waals surface area contributed by atoms with Gasteiger partial charge >= 0.3 is 5.69 Å². The molecular formula is C26H24N6O3. The fraction of sp³-hybridized carbons (Fsp3) is 0.231. The van der Waals surface area contributed by atoms with E-state index >= 15 is 0 Å². The zero-order valence-electron chi connectivity index (χ0n) is 19.1. The third kappa shape index (κ3) is 3.94. The molecule has 176 valence electrons. The molecule has 2 aromatic heterocycles. The van der Waals surface area contributed by atoms with E-state index in [4.69, 9.17) is 5.73 Å². The lowest BCUT2D eigenvalue weighted by atomic mass is 10.0. The summed E-state index contributed by atoms with van der Waals surface area (Å²) in [7, 11) is 0. The number of fused-ring (bicyclic) bond motifs is 1. The fourth-order valence-electron chi connectivity index (χ4n) is 4.59. The smallest absolute Gasteiger partial charge is 0.335 e. The van der Waals surface area contributed by atoms with Gasteiger partial charge in [0.05, 0.1) is 11.7 Å². The number of likely N-dealkylation sites (tertiary alicyclic amines) is 1. The number of aromatic nitrogens is 4. The number of rotatable bonds is 4. The van der Waals surface area contributed by atoms with E-state index in [0.717, 1.165) is 5.56 Å². The topological polar surface area (TPSA) is 119 Å². The molecular weight excluding hydrogens is 444 g/mol. The molecule has 4 aromatic rings. The van der Waals surface area contributed by atoms with Crippen molar-refractivity contribution in [3.05, 3.63) is 82.5 Å². The minimum atomic E-state index is -0.787. The summed E-state index contributed by atoms with van der Waals surface area (Å²) in [6.07, 6.45) is 1.14. The maximum atomic E-state index is 13.7. The van der Waals surface area contributed by atoms with Gasteiger partial charge in [-0.1, -0.05) is 48.4 Å². The van der Waals surface area contributed by atoms with E-state index < -0.39 is 6.10 Å². The predicted molar refractivity (Wildman–Crippen MR) is 132 cm³/mol. The van der Waals surface area contributed by atoms with Gasteiger partial charge in [0.15, 0.2) is 11.5 Å². The van der Waals surface area contributed by atoms with Crippen molar-refractivity contribution < 1.29 is 9.90 Å². The largest absolute Gasteiger partial charge is 0.384 e. The lowest BCUT2D eigenvalue weighted by Gasteiger charge is -2.14. The molecule has 1 unspecified atom stereocenters. The summed E-state index contributed by atoms with van der Waals surface area (Å²) in [4.78, 5) is 36.0. The van der Waals surface area contributed by atoms with Gasteiger partial charge in [0.2, 0.25) is 0 Å². The summed E-state index contributed by atoms with van der Waals surface area (Å²) in [5, 5.41) is 10.7. The van der Waals surface area contributed by atoms with Gasteiger partial charge in [-0.2, -0.15) is 0 Å². The summed E-state index contributed by atoms with van der Waals surface area (Å²) < 4.78 is 3.08. The first-order valence-corrected chi connectivity index (χ1v) is 11.3. The average Bonchev–Trinajstić information content (AvgIpc) is 3.47. The van der Waals surface area contributed by atoms with Crippen molar-refractivity contribution in [3.63, 3.8) is 0 Å². The van der Waals surface area contributed by atoms with E-state index in [0.29, 0.717) is 41.9 Å². The van der Waals surface area contributed by atoms with Crippen molar-refractivity contribution in [2.75, 3.05) is 18.8 Å². The third-order valence-electron chi connectivity index (χ3n) is 6.31. The van der Waals surface area contributed by atoms with Gasteiger partial charge in [-0.3, -0.25) is 13.9 Å². The molecule has 1 saturated heterocycles. The van der Waals surface area contributed by atoms with Crippen LogP contribution in [0.1, 0.15) is 36.6 Å². The minimum absolute atomic E-state index is 0.182. The zero-order chi connectivity index (χ0) is 24.5. The highest BCUT2D eigenvalue weighted by Crippen LogP contribution is 2.28. The number of hydrogen-bond donors (Lipinski definition) is 2. The second kappa shape index (κ2) is 9.08. The third-order valence-corrected chi connectivity index (χ3v) is 6.31. The van der Waals surface area contributed by atoms with Crippen LogP contribution in [-0.2, 0) is 4.79 Å². The van der Waals surface area contributed by atoms with Crippen molar-refractivity contribution in [2.45, 2.75) is 25.5 Å². The van der Waals surface area contributed by atoms with Crippen LogP contribution in [0.5, 0.6) is 0 Å². The number of hydrogen-bond acceptors (Lipinski definition) is 6. The van der Waals surface area contributed by atoms with Gasteiger partial charge in [0.25, 0.3) is 5.91 Å². The van der Waals surface area contributed by atoms with Crippen LogP contribution < -0.4 is 11.4 Å². The molecule has 9 nitrogen and oxygen atoms in total. The molecule has 2 atom stereocenters. The summed E-state index contributed by atoms with van der Waals surface area (Å²) in [5.74, 6) is 5.11. The van der Waals surface area contributed by atoms with E-state index in [1.165, 1.54) is 10.9 Å². The van der Waals surface area contributed by atoms with E-state index in [1.54, 1.807) is 40.7 Å². The highest BCUT2D eigenvalue weighted by molar-refractivity contribution is 5.93. The SMILES string of the molecule is CC#CC(=O)N1CC[C@@H](n2c(=O)n(-c3ccc(C(O)c4ccccc4)cc3)c3c(N)ncnc32)C1. The molecule has 9 heteroatoms. The molecule has 3 heterocycles. The Bertz CT molecular complexity index is 1510. The molecule has 0 radical (unpaired) electrons. The Kier molecular flexibility index (Phi) is 5.81. The molecule has 3 N–H and O–H groups in total. The molecule has 0 saturated carbocycles. The molecule has 1 aliphatic rings. The lowest BCUT2D eigenvalue weighted by molar-refractivity contribution is -0.124. The quantitative estimate of drug-likeness (QED) is 0.443. The number of nitrogen functional groups attached to an aromatic ring is 1. The maximum Gasteiger partial charge on any atom is 0.335 e. The second-order valence-corrected chi connectivity index (χ2v) is 8.39. The van der Waals surface area contributed by atoms with Crippen LogP contribution in [0.4, 0.5) is 5.82 Å². The van der Waals surface area contributed by atoms with Gasteiger partial charge < -0.3 is 15.7 Å². The second-order valence-electron chi connectivity index (χ2n) is 8.39. The Morgan fingerprint density at radius 2 is 1.83 bits per heavy atom. The Morgan fingerprint density at radius 1 is 1.11 bits per heavy atom. The van der Waals surface area contributed by atoms with Crippen LogP contribution >= 0.6 is 0 Å². The summed E-state index contributed by atoms with van der Waals surface area (Å²) in [6.45, 7) is 2.48. The van der Waals surface area contributed by atoms with Crippen LogP contribution in [0.15, 0.2) is 65.7 Å². The lowest BCUT2D eigenvalue weighted by Crippen LogP contribution is -2.31. The molecule has 1 fully saturated rings. The minimum Gasteiger partial charge on any atom is -0.384 e. The molecule has 2 aromatic carbocycles. The van der Waals surface area contributed by atoms with Gasteiger partial charge in [-0.25, -0.2) is 14.8 Å². The normalized spacial score (nSPS) is 16.2. The van der Waals surface area contributed by atoms with Crippen molar-refractivity contribution in [3.8, 4) is 17.5 Å². The average molecular weight is 469 g/mol. The van der Waals surface area contributed by atoms with Crippen molar-refractivity contribution in [1.82, 2.24) is 24.0 Å². The van der Waals surface area contributed by atoms with Crippen LogP contribution in [-0.4, -0.2) is 48.1 Å². The van der Waals surface area contributed by atoms with Gasteiger partial charge in [0.1, 0.15) is 17.9 Å². The molecule has 1 aliphatic heterocycles. The maximum absolute atomic E-state index is 13.7. The van der Waals surface area contributed by atoms with Crippen molar-refractivity contribution >= 4 is 22.9 Å². The van der Waals surface area contributed by atoms with Crippen molar-refractivity contribution in [1.29, 1.82) is 0 Å². The predicted octanol–water partition coefficient (Wildman–Crippen LogP) is 2.04. The van der Waals surface area contributed by atoms with Crippen LogP contribution in [0.2, 0.25) is 0 Å². The monoisotopic (exact) mass is 468 g/mol. The highest BCUT2D eigenvalue weighted by atomic mass is 16.3. The van der Waals surface area contributed by atoms with E-state index in [1.807, 2.05) is 30.3 Å². The zero-order valence-corrected chi connectivity index (χ0v) is 19.1. The number of benzene rings is 2. The molecule has 1 amide bonds. The Balaban J connectivity index is 1.55. The Hall–Kier alpha value is -4.42. The number of aliphatic hydroxyl groups is 1. The van der Waals surface area contributed by atoms with Crippen LogP contribution in [0, 0.1) is 11.8 Å². The van der Waals surface area contributed by atoms with E-state index in [-0.39, 0.29) is 23.5 Å². The summed E-state index contributed by atoms with van der Waals surface area (Å²) in [6, 6.07) is 16.2. The number of anilines is 1. The van der Waals surface area contributed by atoms with Crippen LogP contribution in [0.25, 0.3) is 16.9 Å². The summed E-state index contributed by atoms with van der Waals surface area (Å²) >= 11 is 0. The van der Waals surface area contributed by atoms with Crippen molar-refractivity contribution in [2.24, 2.45) is 0 Å². The first kappa shape index (κ1) is 22.4.